The second-order valence-electron chi connectivity index (χ2n) is 4.41. The highest BCUT2D eigenvalue weighted by molar-refractivity contribution is 6.30. The molecule has 0 bridgehead atoms. The highest BCUT2D eigenvalue weighted by Gasteiger charge is 2.19. The Hall–Kier alpha value is -0.890. The molecule has 0 aromatic heterocycles. The van der Waals surface area contributed by atoms with Gasteiger partial charge in [0.15, 0.2) is 0 Å². The molecule has 0 aliphatic carbocycles. The van der Waals surface area contributed by atoms with Crippen LogP contribution in [0.3, 0.4) is 0 Å². The minimum Gasteiger partial charge on any atom is -0.300 e. The van der Waals surface area contributed by atoms with E-state index in [2.05, 4.69) is 0 Å². The van der Waals surface area contributed by atoms with Crippen molar-refractivity contribution in [3.63, 3.8) is 0 Å². The highest BCUT2D eigenvalue weighted by Crippen LogP contribution is 2.22. The van der Waals surface area contributed by atoms with Crippen LogP contribution in [0.4, 0.5) is 4.39 Å². The molecular formula is C13H16ClFO. The lowest BCUT2D eigenvalue weighted by molar-refractivity contribution is -0.121. The lowest BCUT2D eigenvalue weighted by Crippen LogP contribution is -2.20. The highest BCUT2D eigenvalue weighted by atomic mass is 35.5. The zero-order chi connectivity index (χ0) is 12.3. The summed E-state index contributed by atoms with van der Waals surface area (Å²) in [5, 5.41) is 0.114. The first-order valence-corrected chi connectivity index (χ1v) is 5.74. The van der Waals surface area contributed by atoms with Gasteiger partial charge in [-0.25, -0.2) is 4.39 Å². The normalized spacial score (nSPS) is 12.9. The summed E-state index contributed by atoms with van der Waals surface area (Å²) in [6.07, 6.45) is 0.618. The summed E-state index contributed by atoms with van der Waals surface area (Å²) in [4.78, 5) is 11.4. The topological polar surface area (TPSA) is 17.1 Å². The number of benzene rings is 1. The molecule has 0 spiro atoms. The molecule has 3 heteroatoms. The van der Waals surface area contributed by atoms with E-state index in [4.69, 9.17) is 11.6 Å². The van der Waals surface area contributed by atoms with E-state index in [0.717, 1.165) is 5.56 Å². The SMILES string of the molecule is CC(=O)C(Cc1ccc(F)c(Cl)c1)C(C)C. The Kier molecular flexibility index (Phi) is 4.48. The summed E-state index contributed by atoms with van der Waals surface area (Å²) in [5.41, 5.74) is 0.903. The lowest BCUT2D eigenvalue weighted by Gasteiger charge is -2.17. The van der Waals surface area contributed by atoms with Crippen LogP contribution >= 0.6 is 11.6 Å². The number of carbonyl (C=O) groups is 1. The third-order valence-corrected chi connectivity index (χ3v) is 3.06. The van der Waals surface area contributed by atoms with Gasteiger partial charge >= 0.3 is 0 Å². The molecule has 1 atom stereocenters. The number of hydrogen-bond donors (Lipinski definition) is 0. The van der Waals surface area contributed by atoms with Crippen LogP contribution in [0.1, 0.15) is 26.3 Å². The zero-order valence-electron chi connectivity index (χ0n) is 9.76. The zero-order valence-corrected chi connectivity index (χ0v) is 10.5. The van der Waals surface area contributed by atoms with Gasteiger partial charge in [0.05, 0.1) is 5.02 Å². The van der Waals surface area contributed by atoms with Crippen LogP contribution in [0.15, 0.2) is 18.2 Å². The molecule has 0 saturated carbocycles. The number of carbonyl (C=O) groups excluding carboxylic acids is 1. The Morgan fingerprint density at radius 2 is 2.06 bits per heavy atom. The molecule has 0 amide bonds. The summed E-state index contributed by atoms with van der Waals surface area (Å²) in [6, 6.07) is 4.62. The maximum Gasteiger partial charge on any atom is 0.141 e. The van der Waals surface area contributed by atoms with Gasteiger partial charge in [-0.15, -0.1) is 0 Å². The van der Waals surface area contributed by atoms with Crippen molar-refractivity contribution in [3.8, 4) is 0 Å². The van der Waals surface area contributed by atoms with Crippen molar-refractivity contribution >= 4 is 17.4 Å². The molecule has 0 aliphatic heterocycles. The van der Waals surface area contributed by atoms with Crippen LogP contribution in [-0.2, 0) is 11.2 Å². The van der Waals surface area contributed by atoms with E-state index in [0.29, 0.717) is 6.42 Å². The Morgan fingerprint density at radius 1 is 1.44 bits per heavy atom. The largest absolute Gasteiger partial charge is 0.300 e. The fourth-order valence-electron chi connectivity index (χ4n) is 1.77. The van der Waals surface area contributed by atoms with Gasteiger partial charge in [0.25, 0.3) is 0 Å². The molecule has 0 fully saturated rings. The third kappa shape index (κ3) is 3.31. The molecule has 0 aliphatic rings. The Labute approximate surface area is 101 Å². The quantitative estimate of drug-likeness (QED) is 0.783. The Morgan fingerprint density at radius 3 is 2.50 bits per heavy atom. The van der Waals surface area contributed by atoms with E-state index in [1.807, 2.05) is 13.8 Å². The van der Waals surface area contributed by atoms with Crippen molar-refractivity contribution in [2.24, 2.45) is 11.8 Å². The van der Waals surface area contributed by atoms with Gasteiger partial charge in [-0.1, -0.05) is 31.5 Å². The second-order valence-corrected chi connectivity index (χ2v) is 4.82. The molecule has 16 heavy (non-hydrogen) atoms. The summed E-state index contributed by atoms with van der Waals surface area (Å²) in [6.45, 7) is 5.62. The number of hydrogen-bond acceptors (Lipinski definition) is 1. The summed E-state index contributed by atoms with van der Waals surface area (Å²) < 4.78 is 13.0. The monoisotopic (exact) mass is 242 g/mol. The fourth-order valence-corrected chi connectivity index (χ4v) is 1.97. The maximum absolute atomic E-state index is 13.0. The van der Waals surface area contributed by atoms with Gasteiger partial charge in [-0.2, -0.15) is 0 Å². The van der Waals surface area contributed by atoms with E-state index < -0.39 is 5.82 Å². The standard InChI is InChI=1S/C13H16ClFO/c1-8(2)11(9(3)16)6-10-4-5-13(15)12(14)7-10/h4-5,7-8,11H,6H2,1-3H3. The van der Waals surface area contributed by atoms with E-state index in [1.54, 1.807) is 19.1 Å². The molecule has 0 N–H and O–H groups in total. The van der Waals surface area contributed by atoms with Crippen molar-refractivity contribution in [1.29, 1.82) is 0 Å². The van der Waals surface area contributed by atoms with Crippen LogP contribution in [0.2, 0.25) is 5.02 Å². The molecule has 1 rings (SSSR count). The van der Waals surface area contributed by atoms with Crippen LogP contribution in [0.5, 0.6) is 0 Å². The predicted molar refractivity (Wildman–Crippen MR) is 64.1 cm³/mol. The third-order valence-electron chi connectivity index (χ3n) is 2.77. The van der Waals surface area contributed by atoms with Crippen molar-refractivity contribution in [3.05, 3.63) is 34.6 Å². The minimum atomic E-state index is -0.422. The van der Waals surface area contributed by atoms with Gasteiger partial charge in [0.1, 0.15) is 11.6 Å². The number of rotatable bonds is 4. The van der Waals surface area contributed by atoms with Crippen molar-refractivity contribution in [2.75, 3.05) is 0 Å². The molecule has 1 nitrogen and oxygen atoms in total. The van der Waals surface area contributed by atoms with Crippen molar-refractivity contribution in [2.45, 2.75) is 27.2 Å². The average Bonchev–Trinajstić information content (AvgIpc) is 2.18. The van der Waals surface area contributed by atoms with E-state index in [9.17, 15) is 9.18 Å². The smallest absolute Gasteiger partial charge is 0.141 e. The van der Waals surface area contributed by atoms with Crippen LogP contribution < -0.4 is 0 Å². The summed E-state index contributed by atoms with van der Waals surface area (Å²) >= 11 is 5.70. The van der Waals surface area contributed by atoms with Gasteiger partial charge in [0, 0.05) is 5.92 Å². The van der Waals surface area contributed by atoms with Gasteiger partial charge in [-0.3, -0.25) is 4.79 Å². The van der Waals surface area contributed by atoms with Crippen LogP contribution in [-0.4, -0.2) is 5.78 Å². The molecular weight excluding hydrogens is 227 g/mol. The van der Waals surface area contributed by atoms with Gasteiger partial charge in [-0.05, 0) is 37.0 Å². The molecule has 1 aromatic rings. The molecule has 1 unspecified atom stereocenters. The van der Waals surface area contributed by atoms with E-state index in [1.165, 1.54) is 6.07 Å². The number of Topliss-reactive ketones (excluding diaryl/α,β-unsaturated/α-hetero) is 1. The van der Waals surface area contributed by atoms with Gasteiger partial charge in [0.2, 0.25) is 0 Å². The first kappa shape index (κ1) is 13.2. The predicted octanol–water partition coefficient (Wildman–Crippen LogP) is 3.88. The lowest BCUT2D eigenvalue weighted by atomic mass is 9.86. The summed E-state index contributed by atoms with van der Waals surface area (Å²) in [7, 11) is 0. The maximum atomic E-state index is 13.0. The first-order valence-electron chi connectivity index (χ1n) is 5.36. The molecule has 88 valence electrons. The minimum absolute atomic E-state index is 0.0264. The van der Waals surface area contributed by atoms with E-state index >= 15 is 0 Å². The van der Waals surface area contributed by atoms with Crippen LogP contribution in [0.25, 0.3) is 0 Å². The number of ketones is 1. The second kappa shape index (κ2) is 5.44. The van der Waals surface area contributed by atoms with Crippen molar-refractivity contribution < 1.29 is 9.18 Å². The molecule has 0 saturated heterocycles. The molecule has 0 heterocycles. The van der Waals surface area contributed by atoms with Crippen molar-refractivity contribution in [1.82, 2.24) is 0 Å². The number of halogens is 2. The molecule has 1 aromatic carbocycles. The fraction of sp³-hybridized carbons (Fsp3) is 0.462. The Balaban J connectivity index is 2.86. The summed E-state index contributed by atoms with van der Waals surface area (Å²) in [5.74, 6) is -0.00681. The van der Waals surface area contributed by atoms with Gasteiger partial charge < -0.3 is 0 Å². The first-order chi connectivity index (χ1) is 7.41. The van der Waals surface area contributed by atoms with E-state index in [-0.39, 0.29) is 22.6 Å². The average molecular weight is 243 g/mol. The Bertz CT molecular complexity index is 388. The molecule has 0 radical (unpaired) electrons. The van der Waals surface area contributed by atoms with Crippen LogP contribution in [0, 0.1) is 17.7 Å².